The molecule has 0 aromatic heterocycles. The second-order valence-corrected chi connectivity index (χ2v) is 4.28. The number of aromatic hydroxyl groups is 1. The molecule has 2 unspecified atom stereocenters. The third-order valence-corrected chi connectivity index (χ3v) is 2.87. The Bertz CT molecular complexity index is 367. The van der Waals surface area contributed by atoms with Gasteiger partial charge in [0.2, 0.25) is 0 Å². The number of rotatable bonds is 4. The first-order chi connectivity index (χ1) is 7.31. The van der Waals surface area contributed by atoms with Crippen LogP contribution in [-0.2, 0) is 22.3 Å². The molecule has 2 heterocycles. The van der Waals surface area contributed by atoms with Crippen LogP contribution in [0, 0.1) is 0 Å². The smallest absolute Gasteiger partial charge is 0.119 e. The summed E-state index contributed by atoms with van der Waals surface area (Å²) >= 11 is 0. The maximum atomic E-state index is 9.80. The Labute approximate surface area is 88.6 Å². The number of epoxide rings is 2. The van der Waals surface area contributed by atoms with Gasteiger partial charge in [-0.25, -0.2) is 0 Å². The van der Waals surface area contributed by atoms with Gasteiger partial charge in [-0.1, -0.05) is 12.1 Å². The third-order valence-electron chi connectivity index (χ3n) is 2.87. The lowest BCUT2D eigenvalue weighted by Gasteiger charge is -2.05. The van der Waals surface area contributed by atoms with E-state index in [1.165, 1.54) is 0 Å². The summed E-state index contributed by atoms with van der Waals surface area (Å²) in [5.74, 6) is 0.392. The van der Waals surface area contributed by atoms with Crippen LogP contribution < -0.4 is 0 Å². The van der Waals surface area contributed by atoms with Crippen molar-refractivity contribution in [1.29, 1.82) is 0 Å². The van der Waals surface area contributed by atoms with Gasteiger partial charge in [0.25, 0.3) is 0 Å². The fourth-order valence-electron chi connectivity index (χ4n) is 1.79. The molecule has 0 aliphatic carbocycles. The van der Waals surface area contributed by atoms with Crippen molar-refractivity contribution in [2.45, 2.75) is 25.0 Å². The molecule has 0 bridgehead atoms. The van der Waals surface area contributed by atoms with Crippen LogP contribution in [0.2, 0.25) is 0 Å². The lowest BCUT2D eigenvalue weighted by molar-refractivity contribution is 0.400. The molecule has 1 aromatic rings. The van der Waals surface area contributed by atoms with E-state index in [2.05, 4.69) is 6.07 Å². The summed E-state index contributed by atoms with van der Waals surface area (Å²) in [6, 6.07) is 5.91. The highest BCUT2D eigenvalue weighted by Gasteiger charge is 2.25. The third kappa shape index (κ3) is 2.30. The van der Waals surface area contributed by atoms with Gasteiger partial charge >= 0.3 is 0 Å². The molecular weight excluding hydrogens is 192 g/mol. The minimum atomic E-state index is 0.327. The molecule has 80 valence electrons. The van der Waals surface area contributed by atoms with Crippen LogP contribution in [0.15, 0.2) is 18.2 Å². The van der Waals surface area contributed by atoms with E-state index in [0.717, 1.165) is 37.2 Å². The van der Waals surface area contributed by atoms with Gasteiger partial charge in [-0.2, -0.15) is 0 Å². The van der Waals surface area contributed by atoms with Crippen LogP contribution in [0.3, 0.4) is 0 Å². The number of benzene rings is 1. The second-order valence-electron chi connectivity index (χ2n) is 4.28. The van der Waals surface area contributed by atoms with Gasteiger partial charge in [0.1, 0.15) is 5.75 Å². The van der Waals surface area contributed by atoms with E-state index in [9.17, 15) is 5.11 Å². The maximum absolute atomic E-state index is 9.80. The predicted molar refractivity (Wildman–Crippen MR) is 55.0 cm³/mol. The van der Waals surface area contributed by atoms with Crippen LogP contribution in [0.25, 0.3) is 0 Å². The highest BCUT2D eigenvalue weighted by atomic mass is 16.6. The summed E-state index contributed by atoms with van der Waals surface area (Å²) in [7, 11) is 0. The first-order valence-corrected chi connectivity index (χ1v) is 5.35. The summed E-state index contributed by atoms with van der Waals surface area (Å²) in [5.41, 5.74) is 2.13. The van der Waals surface area contributed by atoms with Gasteiger partial charge in [0.05, 0.1) is 25.4 Å². The first-order valence-electron chi connectivity index (χ1n) is 5.35. The van der Waals surface area contributed by atoms with Crippen molar-refractivity contribution < 1.29 is 14.6 Å². The molecule has 2 fully saturated rings. The van der Waals surface area contributed by atoms with Crippen LogP contribution in [0.4, 0.5) is 0 Å². The molecule has 3 rings (SSSR count). The van der Waals surface area contributed by atoms with Gasteiger partial charge < -0.3 is 14.6 Å². The van der Waals surface area contributed by atoms with Crippen molar-refractivity contribution in [1.82, 2.24) is 0 Å². The number of hydrogen-bond donors (Lipinski definition) is 1. The van der Waals surface area contributed by atoms with Gasteiger partial charge in [0, 0.05) is 12.8 Å². The largest absolute Gasteiger partial charge is 0.508 e. The van der Waals surface area contributed by atoms with E-state index < -0.39 is 0 Å². The van der Waals surface area contributed by atoms with E-state index in [4.69, 9.17) is 9.47 Å². The Hall–Kier alpha value is -1.06. The van der Waals surface area contributed by atoms with Crippen molar-refractivity contribution in [2.75, 3.05) is 13.2 Å². The zero-order valence-corrected chi connectivity index (χ0v) is 8.48. The predicted octanol–water partition coefficient (Wildman–Crippen LogP) is 1.27. The average Bonchev–Trinajstić information content (AvgIpc) is 3.04. The molecule has 0 radical (unpaired) electrons. The van der Waals surface area contributed by atoms with Crippen molar-refractivity contribution in [2.24, 2.45) is 0 Å². The molecule has 2 aliphatic rings. The van der Waals surface area contributed by atoms with Crippen molar-refractivity contribution in [3.8, 4) is 5.75 Å². The Morgan fingerprint density at radius 2 is 1.80 bits per heavy atom. The molecular formula is C12H14O3. The number of hydrogen-bond acceptors (Lipinski definition) is 3. The first kappa shape index (κ1) is 9.19. The van der Waals surface area contributed by atoms with Crippen LogP contribution >= 0.6 is 0 Å². The summed E-state index contributed by atoms with van der Waals surface area (Å²) < 4.78 is 10.3. The summed E-state index contributed by atoms with van der Waals surface area (Å²) in [6.07, 6.45) is 2.44. The lowest BCUT2D eigenvalue weighted by Crippen LogP contribution is -1.97. The van der Waals surface area contributed by atoms with Crippen LogP contribution in [-0.4, -0.2) is 30.5 Å². The van der Waals surface area contributed by atoms with Gasteiger partial charge in [0.15, 0.2) is 0 Å². The van der Waals surface area contributed by atoms with Gasteiger partial charge in [-0.15, -0.1) is 0 Å². The zero-order valence-electron chi connectivity index (χ0n) is 8.48. The highest BCUT2D eigenvalue weighted by Crippen LogP contribution is 2.26. The van der Waals surface area contributed by atoms with Gasteiger partial charge in [-0.05, 0) is 17.2 Å². The van der Waals surface area contributed by atoms with E-state index in [1.807, 2.05) is 12.1 Å². The number of phenolic OH excluding ortho intramolecular Hbond substituents is 1. The highest BCUT2D eigenvalue weighted by molar-refractivity contribution is 5.37. The fourth-order valence-corrected chi connectivity index (χ4v) is 1.79. The van der Waals surface area contributed by atoms with E-state index in [-0.39, 0.29) is 0 Å². The minimum absolute atomic E-state index is 0.327. The molecule has 3 heteroatoms. The Morgan fingerprint density at radius 1 is 1.13 bits per heavy atom. The number of ether oxygens (including phenoxy) is 2. The second kappa shape index (κ2) is 3.51. The molecule has 0 saturated carbocycles. The van der Waals surface area contributed by atoms with Crippen LogP contribution in [0.5, 0.6) is 5.75 Å². The monoisotopic (exact) mass is 206 g/mol. The topological polar surface area (TPSA) is 45.3 Å². The van der Waals surface area contributed by atoms with Gasteiger partial charge in [-0.3, -0.25) is 0 Å². The molecule has 1 N–H and O–H groups in total. The molecule has 1 aromatic carbocycles. The Balaban J connectivity index is 1.72. The maximum Gasteiger partial charge on any atom is 0.119 e. The van der Waals surface area contributed by atoms with Crippen molar-refractivity contribution in [3.63, 3.8) is 0 Å². The number of phenols is 1. The molecule has 0 spiro atoms. The normalized spacial score (nSPS) is 27.7. The molecule has 2 aliphatic heterocycles. The zero-order chi connectivity index (χ0) is 10.3. The molecule has 3 nitrogen and oxygen atoms in total. The quantitative estimate of drug-likeness (QED) is 0.755. The molecule has 2 saturated heterocycles. The summed E-state index contributed by atoms with van der Waals surface area (Å²) in [6.45, 7) is 1.69. The summed E-state index contributed by atoms with van der Waals surface area (Å²) in [4.78, 5) is 0. The van der Waals surface area contributed by atoms with E-state index >= 15 is 0 Å². The van der Waals surface area contributed by atoms with E-state index in [0.29, 0.717) is 18.0 Å². The van der Waals surface area contributed by atoms with Crippen molar-refractivity contribution >= 4 is 0 Å². The minimum Gasteiger partial charge on any atom is -0.508 e. The average molecular weight is 206 g/mol. The molecule has 2 atom stereocenters. The Morgan fingerprint density at radius 3 is 2.40 bits per heavy atom. The summed E-state index contributed by atoms with van der Waals surface area (Å²) in [5, 5.41) is 9.80. The fraction of sp³-hybridized carbons (Fsp3) is 0.500. The standard InChI is InChI=1S/C12H14O3/c13-12-4-8(3-10-6-14-10)1-2-9(12)5-11-7-15-11/h1-2,4,10-11,13H,3,5-7H2. The van der Waals surface area contributed by atoms with Crippen LogP contribution in [0.1, 0.15) is 11.1 Å². The molecule has 0 amide bonds. The molecule has 15 heavy (non-hydrogen) atoms. The van der Waals surface area contributed by atoms with E-state index in [1.54, 1.807) is 0 Å². The lowest BCUT2D eigenvalue weighted by atomic mass is 10.0. The van der Waals surface area contributed by atoms with Crippen molar-refractivity contribution in [3.05, 3.63) is 29.3 Å². The SMILES string of the molecule is Oc1cc(CC2CO2)ccc1CC1CO1. The Kier molecular flexibility index (Phi) is 2.15.